The van der Waals surface area contributed by atoms with Gasteiger partial charge in [-0.05, 0) is 44.2 Å². The maximum Gasteiger partial charge on any atom is 0.320 e. The van der Waals surface area contributed by atoms with Crippen LogP contribution in [-0.4, -0.2) is 22.0 Å². The largest absolute Gasteiger partial charge is 0.429 e. The predicted molar refractivity (Wildman–Crippen MR) is 96.2 cm³/mol. The lowest BCUT2D eigenvalue weighted by molar-refractivity contribution is 0.250. The number of rotatable bonds is 4. The number of hydrogen-bond donors (Lipinski definition) is 2. The highest BCUT2D eigenvalue weighted by molar-refractivity contribution is 7.20. The van der Waals surface area contributed by atoms with E-state index in [1.807, 2.05) is 26.0 Å². The Morgan fingerprint density at radius 2 is 2.12 bits per heavy atom. The number of fused-ring (bicyclic) bond motifs is 1. The maximum absolute atomic E-state index is 11.6. The topological polar surface area (TPSA) is 76.1 Å². The van der Waals surface area contributed by atoms with Crippen molar-refractivity contribution < 1.29 is 9.53 Å². The van der Waals surface area contributed by atoms with Crippen molar-refractivity contribution >= 4 is 45.0 Å². The van der Waals surface area contributed by atoms with Gasteiger partial charge in [-0.3, -0.25) is 5.32 Å². The summed E-state index contributed by atoms with van der Waals surface area (Å²) in [7, 11) is 0. The lowest BCUT2D eigenvalue weighted by Gasteiger charge is -2.09. The molecule has 2 N–H and O–H groups in total. The fourth-order valence-electron chi connectivity index (χ4n) is 1.95. The van der Waals surface area contributed by atoms with Crippen LogP contribution in [0.2, 0.25) is 5.02 Å². The fourth-order valence-corrected chi connectivity index (χ4v) is 3.06. The van der Waals surface area contributed by atoms with Crippen molar-refractivity contribution in [3.63, 3.8) is 0 Å². The van der Waals surface area contributed by atoms with Crippen LogP contribution in [0.4, 0.5) is 10.6 Å². The second-order valence-corrected chi connectivity index (χ2v) is 6.76. The number of anilines is 1. The molecule has 0 saturated heterocycles. The molecular weight excluding hydrogens is 348 g/mol. The van der Waals surface area contributed by atoms with Crippen molar-refractivity contribution in [1.82, 2.24) is 15.3 Å². The summed E-state index contributed by atoms with van der Waals surface area (Å²) >= 11 is 7.37. The number of pyridine rings is 1. The van der Waals surface area contributed by atoms with Crippen LogP contribution < -0.4 is 15.4 Å². The van der Waals surface area contributed by atoms with Gasteiger partial charge in [0.15, 0.2) is 0 Å². The van der Waals surface area contributed by atoms with E-state index in [0.717, 1.165) is 10.2 Å². The van der Waals surface area contributed by atoms with E-state index >= 15 is 0 Å². The molecular formula is C16H15ClN4O2S. The molecule has 1 aromatic carbocycles. The lowest BCUT2D eigenvalue weighted by atomic mass is 10.3. The van der Waals surface area contributed by atoms with E-state index in [-0.39, 0.29) is 12.1 Å². The Morgan fingerprint density at radius 3 is 2.83 bits per heavy atom. The third-order valence-electron chi connectivity index (χ3n) is 2.93. The highest BCUT2D eigenvalue weighted by Gasteiger charge is 2.08. The zero-order valence-corrected chi connectivity index (χ0v) is 14.6. The van der Waals surface area contributed by atoms with E-state index in [1.54, 1.807) is 18.2 Å². The van der Waals surface area contributed by atoms with Crippen molar-refractivity contribution in [1.29, 1.82) is 0 Å². The predicted octanol–water partition coefficient (Wildman–Crippen LogP) is 4.67. The number of nitrogens with zero attached hydrogens (tertiary/aromatic N) is 2. The first kappa shape index (κ1) is 16.5. The first-order chi connectivity index (χ1) is 11.5. The van der Waals surface area contributed by atoms with Gasteiger partial charge in [0, 0.05) is 11.1 Å². The quantitative estimate of drug-likeness (QED) is 0.707. The van der Waals surface area contributed by atoms with Crippen molar-refractivity contribution in [2.75, 3.05) is 5.32 Å². The summed E-state index contributed by atoms with van der Waals surface area (Å²) in [4.78, 5) is 20.1. The summed E-state index contributed by atoms with van der Waals surface area (Å²) < 4.78 is 6.65. The molecule has 124 valence electrons. The molecule has 0 radical (unpaired) electrons. The van der Waals surface area contributed by atoms with Gasteiger partial charge < -0.3 is 10.1 Å². The molecule has 0 spiro atoms. The Labute approximate surface area is 147 Å². The van der Waals surface area contributed by atoms with Crippen LogP contribution in [-0.2, 0) is 0 Å². The van der Waals surface area contributed by atoms with E-state index in [9.17, 15) is 4.79 Å². The van der Waals surface area contributed by atoms with Gasteiger partial charge in [-0.1, -0.05) is 22.9 Å². The van der Waals surface area contributed by atoms with Crippen LogP contribution in [0.5, 0.6) is 10.9 Å². The normalized spacial score (nSPS) is 10.8. The zero-order valence-electron chi connectivity index (χ0n) is 13.0. The third-order valence-corrected chi connectivity index (χ3v) is 4.06. The number of hydrogen-bond acceptors (Lipinski definition) is 5. The van der Waals surface area contributed by atoms with E-state index in [0.29, 0.717) is 21.8 Å². The summed E-state index contributed by atoms with van der Waals surface area (Å²) in [6.45, 7) is 3.77. The minimum atomic E-state index is -0.297. The standard InChI is InChI=1S/C16H15ClN4O2S/c1-9(2)19-15(22)21-14-6-4-11(8-18-14)23-16-20-12-5-3-10(17)7-13(12)24-16/h3-9H,1-2H3,(H2,18,19,21,22). The van der Waals surface area contributed by atoms with E-state index < -0.39 is 0 Å². The van der Waals surface area contributed by atoms with Crippen LogP contribution in [0, 0.1) is 0 Å². The van der Waals surface area contributed by atoms with Gasteiger partial charge >= 0.3 is 6.03 Å². The Bertz CT molecular complexity index is 864. The molecule has 3 rings (SSSR count). The number of nitrogens with one attached hydrogen (secondary N) is 2. The molecule has 0 aliphatic heterocycles. The monoisotopic (exact) mass is 362 g/mol. The number of carbonyl (C=O) groups excluding carboxylic acids is 1. The first-order valence-electron chi connectivity index (χ1n) is 7.27. The number of thiazole rings is 1. The summed E-state index contributed by atoms with van der Waals surface area (Å²) in [5, 5.41) is 6.54. The third kappa shape index (κ3) is 4.12. The summed E-state index contributed by atoms with van der Waals surface area (Å²) in [5.74, 6) is 0.978. The Kier molecular flexibility index (Phi) is 4.82. The van der Waals surface area contributed by atoms with Crippen molar-refractivity contribution in [2.45, 2.75) is 19.9 Å². The van der Waals surface area contributed by atoms with Crippen LogP contribution >= 0.6 is 22.9 Å². The highest BCUT2D eigenvalue weighted by atomic mass is 35.5. The number of benzene rings is 1. The Hall–Kier alpha value is -2.38. The zero-order chi connectivity index (χ0) is 17.1. The number of aromatic nitrogens is 2. The molecule has 24 heavy (non-hydrogen) atoms. The summed E-state index contributed by atoms with van der Waals surface area (Å²) in [6.07, 6.45) is 1.53. The maximum atomic E-state index is 11.6. The molecule has 6 nitrogen and oxygen atoms in total. The van der Waals surface area contributed by atoms with Gasteiger partial charge in [-0.15, -0.1) is 0 Å². The SMILES string of the molecule is CC(C)NC(=O)Nc1ccc(Oc2nc3ccc(Cl)cc3s2)cn1. The number of halogens is 1. The molecule has 0 bridgehead atoms. The van der Waals surface area contributed by atoms with Crippen LogP contribution in [0.3, 0.4) is 0 Å². The minimum Gasteiger partial charge on any atom is -0.429 e. The first-order valence-corrected chi connectivity index (χ1v) is 8.46. The molecule has 8 heteroatoms. The second kappa shape index (κ2) is 7.02. The van der Waals surface area contributed by atoms with E-state index in [1.165, 1.54) is 17.5 Å². The van der Waals surface area contributed by atoms with Crippen LogP contribution in [0.15, 0.2) is 36.5 Å². The molecule has 0 aliphatic carbocycles. The van der Waals surface area contributed by atoms with Crippen molar-refractivity contribution in [3.05, 3.63) is 41.6 Å². The summed E-state index contributed by atoms with van der Waals surface area (Å²) in [5.41, 5.74) is 0.830. The van der Waals surface area contributed by atoms with Gasteiger partial charge in [0.1, 0.15) is 11.6 Å². The van der Waals surface area contributed by atoms with Gasteiger partial charge in [0.05, 0.1) is 16.4 Å². The molecule has 0 atom stereocenters. The van der Waals surface area contributed by atoms with Crippen molar-refractivity contribution in [3.8, 4) is 10.9 Å². The van der Waals surface area contributed by atoms with Crippen LogP contribution in [0.25, 0.3) is 10.2 Å². The Balaban J connectivity index is 1.67. The smallest absolute Gasteiger partial charge is 0.320 e. The molecule has 0 aliphatic rings. The molecule has 0 fully saturated rings. The molecule has 0 unspecified atom stereocenters. The van der Waals surface area contributed by atoms with Gasteiger partial charge in [0.2, 0.25) is 0 Å². The van der Waals surface area contributed by atoms with Gasteiger partial charge in [-0.25, -0.2) is 14.8 Å². The molecule has 3 aromatic rings. The number of carbonyl (C=O) groups is 1. The second-order valence-electron chi connectivity index (χ2n) is 5.33. The van der Waals surface area contributed by atoms with Gasteiger partial charge in [0.25, 0.3) is 5.19 Å². The fraction of sp³-hybridized carbons (Fsp3) is 0.188. The van der Waals surface area contributed by atoms with E-state index in [4.69, 9.17) is 16.3 Å². The minimum absolute atomic E-state index is 0.0557. The molecule has 0 saturated carbocycles. The number of amides is 2. The molecule has 2 aromatic heterocycles. The van der Waals surface area contributed by atoms with Crippen LogP contribution in [0.1, 0.15) is 13.8 Å². The summed E-state index contributed by atoms with van der Waals surface area (Å²) in [6, 6.07) is 8.63. The highest BCUT2D eigenvalue weighted by Crippen LogP contribution is 2.32. The van der Waals surface area contributed by atoms with Crippen molar-refractivity contribution in [2.24, 2.45) is 0 Å². The molecule has 2 amide bonds. The Morgan fingerprint density at radius 1 is 1.29 bits per heavy atom. The average molecular weight is 363 g/mol. The molecule has 2 heterocycles. The van der Waals surface area contributed by atoms with E-state index in [2.05, 4.69) is 20.6 Å². The number of ether oxygens (including phenoxy) is 1. The lowest BCUT2D eigenvalue weighted by Crippen LogP contribution is -2.34. The van der Waals surface area contributed by atoms with Gasteiger partial charge in [-0.2, -0.15) is 0 Å². The average Bonchev–Trinajstić information content (AvgIpc) is 2.89. The number of urea groups is 1.